The summed E-state index contributed by atoms with van der Waals surface area (Å²) in [6.07, 6.45) is 6.96. The summed E-state index contributed by atoms with van der Waals surface area (Å²) in [6.45, 7) is 6.16. The molecule has 0 aliphatic carbocycles. The number of nitrogens with one attached hydrogen (secondary N) is 1. The van der Waals surface area contributed by atoms with Crippen LogP contribution in [-0.2, 0) is 24.6 Å². The summed E-state index contributed by atoms with van der Waals surface area (Å²) in [7, 11) is 1.99. The third-order valence-electron chi connectivity index (χ3n) is 4.30. The summed E-state index contributed by atoms with van der Waals surface area (Å²) in [4.78, 5) is 0. The SMILES string of the molecule is CCNC(CCC1CCCO1)Cc1c(Cl)c(CC)nn1C. The molecule has 1 aliphatic rings. The first kappa shape index (κ1) is 16.8. The first-order valence-corrected chi connectivity index (χ1v) is 8.58. The molecule has 2 rings (SSSR count). The number of hydrogen-bond donors (Lipinski definition) is 1. The van der Waals surface area contributed by atoms with Gasteiger partial charge in [-0.25, -0.2) is 0 Å². The van der Waals surface area contributed by atoms with Crippen molar-refractivity contribution in [2.45, 2.75) is 64.5 Å². The fourth-order valence-corrected chi connectivity index (χ4v) is 3.47. The lowest BCUT2D eigenvalue weighted by atomic mass is 10.0. The lowest BCUT2D eigenvalue weighted by molar-refractivity contribution is 0.0995. The largest absolute Gasteiger partial charge is 0.378 e. The zero-order chi connectivity index (χ0) is 15.2. The normalized spacial score (nSPS) is 20.1. The number of aromatic nitrogens is 2. The Morgan fingerprint density at radius 2 is 2.29 bits per heavy atom. The molecule has 5 heteroatoms. The van der Waals surface area contributed by atoms with Crippen molar-refractivity contribution in [3.63, 3.8) is 0 Å². The Hall–Kier alpha value is -0.580. The van der Waals surface area contributed by atoms with Gasteiger partial charge in [-0.05, 0) is 38.6 Å². The third kappa shape index (κ3) is 4.44. The average Bonchev–Trinajstić information content (AvgIpc) is 3.07. The number of likely N-dealkylation sites (N-methyl/N-ethyl adjacent to an activating group) is 1. The van der Waals surface area contributed by atoms with Crippen molar-refractivity contribution < 1.29 is 4.74 Å². The molecular formula is C16H28ClN3O. The summed E-state index contributed by atoms with van der Waals surface area (Å²) in [5.41, 5.74) is 2.15. The molecule has 120 valence electrons. The predicted octanol–water partition coefficient (Wildman–Crippen LogP) is 3.12. The van der Waals surface area contributed by atoms with E-state index in [1.807, 2.05) is 11.7 Å². The number of halogens is 1. The van der Waals surface area contributed by atoms with Gasteiger partial charge in [0.15, 0.2) is 0 Å². The standard InChI is InChI=1S/C16H28ClN3O/c1-4-14-16(17)15(20(3)19-14)11-12(18-5-2)8-9-13-7-6-10-21-13/h12-13,18H,4-11H2,1-3H3. The highest BCUT2D eigenvalue weighted by Crippen LogP contribution is 2.24. The van der Waals surface area contributed by atoms with E-state index in [1.165, 1.54) is 12.8 Å². The van der Waals surface area contributed by atoms with Gasteiger partial charge in [0.2, 0.25) is 0 Å². The molecule has 0 radical (unpaired) electrons. The van der Waals surface area contributed by atoms with Gasteiger partial charge in [0.05, 0.1) is 22.5 Å². The molecule has 1 fully saturated rings. The maximum atomic E-state index is 6.47. The molecule has 0 aromatic carbocycles. The van der Waals surface area contributed by atoms with E-state index in [0.717, 1.165) is 55.2 Å². The van der Waals surface area contributed by atoms with Crippen LogP contribution in [0.1, 0.15) is 50.9 Å². The topological polar surface area (TPSA) is 39.1 Å². The van der Waals surface area contributed by atoms with Crippen molar-refractivity contribution in [2.24, 2.45) is 7.05 Å². The minimum Gasteiger partial charge on any atom is -0.378 e. The first-order valence-electron chi connectivity index (χ1n) is 8.20. The van der Waals surface area contributed by atoms with Gasteiger partial charge < -0.3 is 10.1 Å². The van der Waals surface area contributed by atoms with E-state index in [1.54, 1.807) is 0 Å². The predicted molar refractivity (Wildman–Crippen MR) is 87.0 cm³/mol. The summed E-state index contributed by atoms with van der Waals surface area (Å²) in [5.74, 6) is 0. The molecule has 1 saturated heterocycles. The van der Waals surface area contributed by atoms with E-state index in [2.05, 4.69) is 24.3 Å². The quantitative estimate of drug-likeness (QED) is 0.801. The third-order valence-corrected chi connectivity index (χ3v) is 4.73. The van der Waals surface area contributed by atoms with Gasteiger partial charge in [0.1, 0.15) is 0 Å². The zero-order valence-electron chi connectivity index (χ0n) is 13.5. The Kier molecular flexibility index (Phi) is 6.52. The highest BCUT2D eigenvalue weighted by atomic mass is 35.5. The number of aryl methyl sites for hydroxylation is 2. The Bertz CT molecular complexity index is 441. The summed E-state index contributed by atoms with van der Waals surface area (Å²) >= 11 is 6.47. The molecule has 0 saturated carbocycles. The van der Waals surface area contributed by atoms with E-state index in [4.69, 9.17) is 16.3 Å². The molecule has 1 aromatic heterocycles. The minimum atomic E-state index is 0.441. The second-order valence-electron chi connectivity index (χ2n) is 5.86. The van der Waals surface area contributed by atoms with Crippen molar-refractivity contribution >= 4 is 11.6 Å². The lowest BCUT2D eigenvalue weighted by Gasteiger charge is -2.20. The van der Waals surface area contributed by atoms with E-state index >= 15 is 0 Å². The zero-order valence-corrected chi connectivity index (χ0v) is 14.2. The first-order chi connectivity index (χ1) is 10.2. The molecule has 2 unspecified atom stereocenters. The van der Waals surface area contributed by atoms with Gasteiger partial charge >= 0.3 is 0 Å². The highest BCUT2D eigenvalue weighted by Gasteiger charge is 2.20. The van der Waals surface area contributed by atoms with Gasteiger partial charge in [-0.2, -0.15) is 5.10 Å². The molecule has 1 aliphatic heterocycles. The molecule has 1 aromatic rings. The van der Waals surface area contributed by atoms with Crippen LogP contribution in [0.5, 0.6) is 0 Å². The number of rotatable bonds is 8. The van der Waals surface area contributed by atoms with Crippen LogP contribution < -0.4 is 5.32 Å². The van der Waals surface area contributed by atoms with E-state index in [0.29, 0.717) is 12.1 Å². The Morgan fingerprint density at radius 1 is 1.48 bits per heavy atom. The maximum absolute atomic E-state index is 6.47. The van der Waals surface area contributed by atoms with Gasteiger partial charge in [0.25, 0.3) is 0 Å². The fourth-order valence-electron chi connectivity index (χ4n) is 3.10. The molecule has 4 nitrogen and oxygen atoms in total. The average molecular weight is 314 g/mol. The number of hydrogen-bond acceptors (Lipinski definition) is 3. The number of nitrogens with zero attached hydrogens (tertiary/aromatic N) is 2. The van der Waals surface area contributed by atoms with Crippen molar-refractivity contribution in [1.82, 2.24) is 15.1 Å². The summed E-state index contributed by atoms with van der Waals surface area (Å²) in [6, 6.07) is 0.441. The molecule has 2 heterocycles. The van der Waals surface area contributed by atoms with Crippen molar-refractivity contribution in [2.75, 3.05) is 13.2 Å². The van der Waals surface area contributed by atoms with Crippen molar-refractivity contribution in [3.8, 4) is 0 Å². The second kappa shape index (κ2) is 8.16. The molecule has 21 heavy (non-hydrogen) atoms. The monoisotopic (exact) mass is 313 g/mol. The smallest absolute Gasteiger partial charge is 0.0850 e. The molecule has 0 bridgehead atoms. The van der Waals surface area contributed by atoms with Gasteiger partial charge in [0, 0.05) is 26.1 Å². The second-order valence-corrected chi connectivity index (χ2v) is 6.23. The van der Waals surface area contributed by atoms with E-state index in [9.17, 15) is 0 Å². The van der Waals surface area contributed by atoms with Crippen LogP contribution in [0.25, 0.3) is 0 Å². The van der Waals surface area contributed by atoms with Gasteiger partial charge in [-0.1, -0.05) is 25.4 Å². The van der Waals surface area contributed by atoms with Crippen LogP contribution in [-0.4, -0.2) is 35.1 Å². The minimum absolute atomic E-state index is 0.441. The van der Waals surface area contributed by atoms with Crippen molar-refractivity contribution in [1.29, 1.82) is 0 Å². The summed E-state index contributed by atoms with van der Waals surface area (Å²) in [5, 5.41) is 8.94. The Balaban J connectivity index is 1.96. The van der Waals surface area contributed by atoms with Gasteiger partial charge in [-0.3, -0.25) is 4.68 Å². The molecular weight excluding hydrogens is 286 g/mol. The van der Waals surface area contributed by atoms with Crippen LogP contribution in [0.2, 0.25) is 5.02 Å². The fraction of sp³-hybridized carbons (Fsp3) is 0.812. The number of ether oxygens (including phenoxy) is 1. The van der Waals surface area contributed by atoms with Crippen LogP contribution >= 0.6 is 11.6 Å². The summed E-state index contributed by atoms with van der Waals surface area (Å²) < 4.78 is 7.67. The Labute approximate surface area is 133 Å². The lowest BCUT2D eigenvalue weighted by Crippen LogP contribution is -2.32. The van der Waals surface area contributed by atoms with Gasteiger partial charge in [-0.15, -0.1) is 0 Å². The molecule has 0 amide bonds. The van der Waals surface area contributed by atoms with Crippen LogP contribution in [0.15, 0.2) is 0 Å². The Morgan fingerprint density at radius 3 is 2.86 bits per heavy atom. The van der Waals surface area contributed by atoms with Crippen LogP contribution in [0.3, 0.4) is 0 Å². The maximum Gasteiger partial charge on any atom is 0.0850 e. The van der Waals surface area contributed by atoms with Crippen molar-refractivity contribution in [3.05, 3.63) is 16.4 Å². The molecule has 0 spiro atoms. The highest BCUT2D eigenvalue weighted by molar-refractivity contribution is 6.31. The van der Waals surface area contributed by atoms with E-state index in [-0.39, 0.29) is 0 Å². The molecule has 2 atom stereocenters. The van der Waals surface area contributed by atoms with Crippen LogP contribution in [0, 0.1) is 0 Å². The van der Waals surface area contributed by atoms with E-state index < -0.39 is 0 Å². The molecule has 1 N–H and O–H groups in total. The van der Waals surface area contributed by atoms with Crippen LogP contribution in [0.4, 0.5) is 0 Å².